The second-order valence-electron chi connectivity index (χ2n) is 9.89. The Morgan fingerprint density at radius 1 is 1.11 bits per heavy atom. The first-order chi connectivity index (χ1) is 17.4. The third-order valence-corrected chi connectivity index (χ3v) is 7.76. The van der Waals surface area contributed by atoms with Crippen molar-refractivity contribution >= 4 is 28.8 Å². The predicted octanol–water partition coefficient (Wildman–Crippen LogP) is 5.22. The molecule has 1 aromatic heterocycles. The van der Waals surface area contributed by atoms with Gasteiger partial charge in [0.2, 0.25) is 0 Å². The van der Waals surface area contributed by atoms with Gasteiger partial charge in [0.25, 0.3) is 0 Å². The molecule has 8 nitrogen and oxygen atoms in total. The maximum absolute atomic E-state index is 12.6. The average molecular weight is 487 g/mol. The zero-order valence-electron chi connectivity index (χ0n) is 20.6. The monoisotopic (exact) mass is 486 g/mol. The molecule has 1 saturated carbocycles. The van der Waals surface area contributed by atoms with E-state index in [2.05, 4.69) is 10.6 Å². The summed E-state index contributed by atoms with van der Waals surface area (Å²) >= 11 is 0. The number of imidazole rings is 1. The highest BCUT2D eigenvalue weighted by atomic mass is 16.5. The average Bonchev–Trinajstić information content (AvgIpc) is 3.26. The number of carbonyl (C=O) groups excluding carboxylic acids is 1. The molecule has 0 unspecified atom stereocenters. The highest BCUT2D eigenvalue weighted by Gasteiger charge is 2.33. The van der Waals surface area contributed by atoms with E-state index < -0.39 is 5.97 Å². The van der Waals surface area contributed by atoms with Gasteiger partial charge in [-0.05, 0) is 75.3 Å². The Labute approximate surface area is 210 Å². The number of methoxy groups -OCH3 is 1. The first-order valence-corrected chi connectivity index (χ1v) is 12.5. The summed E-state index contributed by atoms with van der Waals surface area (Å²) in [5.41, 5.74) is 5.49. The number of aryl methyl sites for hydroxylation is 1. The summed E-state index contributed by atoms with van der Waals surface area (Å²) < 4.78 is 7.37. The van der Waals surface area contributed by atoms with Crippen molar-refractivity contribution in [3.05, 3.63) is 58.9 Å². The van der Waals surface area contributed by atoms with Crippen LogP contribution in [0.3, 0.4) is 0 Å². The van der Waals surface area contributed by atoms with Crippen LogP contribution >= 0.6 is 0 Å². The fourth-order valence-electron chi connectivity index (χ4n) is 5.82. The van der Waals surface area contributed by atoms with Gasteiger partial charge in [-0.2, -0.15) is 5.26 Å². The maximum atomic E-state index is 12.6. The van der Waals surface area contributed by atoms with Crippen molar-refractivity contribution < 1.29 is 19.4 Å². The topological polar surface area (TPSA) is 108 Å². The standard InChI is InChI=1S/C28H30N4O4/c1-17-3-12-22-23(31(17)28(35)36-2)13-14-24-26(22)30-25(15-18-4-6-19(16-29)7-5-18)32(24)21-10-8-20(9-11-21)27(33)34/h4-7,13-14,17,20-21H,3,8-12,15H2,1-2H3,(H,33,34)/t17-,20-,21-/m0/s1. The molecule has 1 aliphatic carbocycles. The van der Waals surface area contributed by atoms with Crippen LogP contribution in [0.5, 0.6) is 0 Å². The Kier molecular flexibility index (Phi) is 6.40. The van der Waals surface area contributed by atoms with Gasteiger partial charge in [0.1, 0.15) is 5.82 Å². The number of carboxylic acid groups (broad SMARTS) is 1. The van der Waals surface area contributed by atoms with Gasteiger partial charge in [-0.1, -0.05) is 12.1 Å². The zero-order chi connectivity index (χ0) is 25.4. The second-order valence-corrected chi connectivity index (χ2v) is 9.89. The van der Waals surface area contributed by atoms with Gasteiger partial charge in [0, 0.05) is 24.1 Å². The molecular weight excluding hydrogens is 456 g/mol. The molecule has 5 rings (SSSR count). The van der Waals surface area contributed by atoms with E-state index in [1.54, 1.807) is 4.90 Å². The summed E-state index contributed by atoms with van der Waals surface area (Å²) in [6.07, 6.45) is 4.74. The van der Waals surface area contributed by atoms with Gasteiger partial charge in [-0.3, -0.25) is 9.69 Å². The molecule has 36 heavy (non-hydrogen) atoms. The molecule has 2 aliphatic rings. The first kappa shape index (κ1) is 23.9. The maximum Gasteiger partial charge on any atom is 0.414 e. The van der Waals surface area contributed by atoms with Crippen molar-refractivity contribution in [2.45, 2.75) is 64.0 Å². The van der Waals surface area contributed by atoms with Crippen molar-refractivity contribution in [2.24, 2.45) is 5.92 Å². The number of amides is 1. The van der Waals surface area contributed by atoms with Crippen molar-refractivity contribution in [2.75, 3.05) is 12.0 Å². The highest BCUT2D eigenvalue weighted by Crippen LogP contribution is 2.40. The summed E-state index contributed by atoms with van der Waals surface area (Å²) in [5.74, 6) is -0.0844. The largest absolute Gasteiger partial charge is 0.481 e. The Morgan fingerprint density at radius 3 is 2.47 bits per heavy atom. The first-order valence-electron chi connectivity index (χ1n) is 12.5. The third-order valence-electron chi connectivity index (χ3n) is 7.76. The van der Waals surface area contributed by atoms with Crippen LogP contribution < -0.4 is 4.90 Å². The van der Waals surface area contributed by atoms with Gasteiger partial charge in [0.05, 0.1) is 41.4 Å². The van der Waals surface area contributed by atoms with Gasteiger partial charge in [-0.25, -0.2) is 9.78 Å². The number of carboxylic acids is 1. The predicted molar refractivity (Wildman–Crippen MR) is 135 cm³/mol. The Balaban J connectivity index is 1.60. The summed E-state index contributed by atoms with van der Waals surface area (Å²) in [5, 5.41) is 18.6. The molecule has 1 N–H and O–H groups in total. The molecule has 0 saturated heterocycles. The molecule has 8 heteroatoms. The van der Waals surface area contributed by atoms with E-state index in [1.807, 2.05) is 43.3 Å². The van der Waals surface area contributed by atoms with Crippen molar-refractivity contribution in [3.8, 4) is 6.07 Å². The lowest BCUT2D eigenvalue weighted by Crippen LogP contribution is -2.42. The fourth-order valence-corrected chi connectivity index (χ4v) is 5.82. The SMILES string of the molecule is COC(=O)N1c2ccc3c(nc(Cc4ccc(C#N)cc4)n3[C@H]3CC[C@H](C(=O)O)CC3)c2CC[C@@H]1C. The summed E-state index contributed by atoms with van der Waals surface area (Å²) in [6, 6.07) is 13.9. The van der Waals surface area contributed by atoms with E-state index in [0.29, 0.717) is 24.8 Å². The van der Waals surface area contributed by atoms with E-state index in [9.17, 15) is 14.7 Å². The smallest absolute Gasteiger partial charge is 0.414 e. The molecule has 2 aromatic carbocycles. The summed E-state index contributed by atoms with van der Waals surface area (Å²) in [4.78, 5) is 31.0. The quantitative estimate of drug-likeness (QED) is 0.541. The van der Waals surface area contributed by atoms with Crippen LogP contribution in [0.2, 0.25) is 0 Å². The molecule has 0 bridgehead atoms. The lowest BCUT2D eigenvalue weighted by Gasteiger charge is -2.34. The summed E-state index contributed by atoms with van der Waals surface area (Å²) in [6.45, 7) is 2.03. The fraction of sp³-hybridized carbons (Fsp3) is 0.429. The number of aromatic nitrogens is 2. The van der Waals surface area contributed by atoms with E-state index in [-0.39, 0.29) is 24.1 Å². The molecule has 0 spiro atoms. The number of carbonyl (C=O) groups is 2. The van der Waals surface area contributed by atoms with Crippen LogP contribution in [0.25, 0.3) is 11.0 Å². The van der Waals surface area contributed by atoms with Crippen LogP contribution in [0.4, 0.5) is 10.5 Å². The number of ether oxygens (including phenoxy) is 1. The minimum atomic E-state index is -0.715. The Morgan fingerprint density at radius 2 is 1.83 bits per heavy atom. The van der Waals surface area contributed by atoms with Crippen molar-refractivity contribution in [1.29, 1.82) is 5.26 Å². The van der Waals surface area contributed by atoms with Crippen molar-refractivity contribution in [1.82, 2.24) is 9.55 Å². The minimum Gasteiger partial charge on any atom is -0.481 e. The Bertz CT molecular complexity index is 1350. The highest BCUT2D eigenvalue weighted by molar-refractivity contribution is 5.95. The number of fused-ring (bicyclic) bond motifs is 3. The number of hydrogen-bond donors (Lipinski definition) is 1. The van der Waals surface area contributed by atoms with Gasteiger partial charge < -0.3 is 14.4 Å². The van der Waals surface area contributed by atoms with E-state index in [0.717, 1.165) is 59.4 Å². The van der Waals surface area contributed by atoms with E-state index in [1.165, 1.54) is 7.11 Å². The van der Waals surface area contributed by atoms with E-state index in [4.69, 9.17) is 15.0 Å². The molecule has 1 fully saturated rings. The number of hydrogen-bond acceptors (Lipinski definition) is 5. The number of anilines is 1. The molecule has 1 atom stereocenters. The molecule has 1 amide bonds. The third kappa shape index (κ3) is 4.19. The van der Waals surface area contributed by atoms with Crippen LogP contribution in [-0.2, 0) is 22.4 Å². The lowest BCUT2D eigenvalue weighted by molar-refractivity contribution is -0.143. The Hall–Kier alpha value is -3.86. The van der Waals surface area contributed by atoms with Crippen molar-refractivity contribution in [3.63, 3.8) is 0 Å². The van der Waals surface area contributed by atoms with Gasteiger partial charge in [-0.15, -0.1) is 0 Å². The number of nitrogens with zero attached hydrogens (tertiary/aromatic N) is 4. The molecular formula is C28H30N4O4. The van der Waals surface area contributed by atoms with Crippen LogP contribution in [0.1, 0.15) is 67.6 Å². The van der Waals surface area contributed by atoms with Crippen LogP contribution in [-0.4, -0.2) is 39.9 Å². The second kappa shape index (κ2) is 9.65. The van der Waals surface area contributed by atoms with E-state index >= 15 is 0 Å². The molecule has 186 valence electrons. The number of aliphatic carboxylic acids is 1. The lowest BCUT2D eigenvalue weighted by atomic mass is 9.85. The summed E-state index contributed by atoms with van der Waals surface area (Å²) in [7, 11) is 1.40. The molecule has 3 aromatic rings. The number of rotatable bonds is 4. The molecule has 2 heterocycles. The van der Waals surface area contributed by atoms with Gasteiger partial charge in [0.15, 0.2) is 0 Å². The number of benzene rings is 2. The van der Waals surface area contributed by atoms with Crippen LogP contribution in [0, 0.1) is 17.2 Å². The zero-order valence-corrected chi connectivity index (χ0v) is 20.6. The number of nitriles is 1. The van der Waals surface area contributed by atoms with Crippen LogP contribution in [0.15, 0.2) is 36.4 Å². The normalized spacial score (nSPS) is 21.6. The van der Waals surface area contributed by atoms with Gasteiger partial charge >= 0.3 is 12.1 Å². The molecule has 0 radical (unpaired) electrons. The molecule has 1 aliphatic heterocycles. The minimum absolute atomic E-state index is 0.0360.